The Bertz CT molecular complexity index is 947. The molecule has 0 amide bonds. The first-order valence-corrected chi connectivity index (χ1v) is 12.5. The highest BCUT2D eigenvalue weighted by molar-refractivity contribution is 7.19. The van der Waals surface area contributed by atoms with Crippen LogP contribution in [0.5, 0.6) is 0 Å². The van der Waals surface area contributed by atoms with Crippen LogP contribution >= 0.6 is 11.3 Å². The molecular weight excluding hydrogens is 434 g/mol. The summed E-state index contributed by atoms with van der Waals surface area (Å²) in [6.45, 7) is 4.16. The molecule has 0 saturated heterocycles. The van der Waals surface area contributed by atoms with Crippen LogP contribution in [0.15, 0.2) is 48.6 Å². The fraction of sp³-hybridized carbons (Fsp3) is 0.481. The van der Waals surface area contributed by atoms with Crippen molar-refractivity contribution in [3.63, 3.8) is 0 Å². The summed E-state index contributed by atoms with van der Waals surface area (Å²) in [5.74, 6) is 6.06. The highest BCUT2D eigenvalue weighted by Gasteiger charge is 2.20. The highest BCUT2D eigenvalue weighted by Crippen LogP contribution is 2.32. The van der Waals surface area contributed by atoms with Gasteiger partial charge in [-0.1, -0.05) is 42.5 Å². The number of benzene rings is 1. The van der Waals surface area contributed by atoms with Crippen molar-refractivity contribution in [1.29, 1.82) is 0 Å². The lowest BCUT2D eigenvalue weighted by atomic mass is 10.0. The van der Waals surface area contributed by atoms with Crippen molar-refractivity contribution in [3.8, 4) is 0 Å². The first-order chi connectivity index (χ1) is 16.0. The maximum Gasteiger partial charge on any atom is 0.305 e. The topological polar surface area (TPSA) is 78.6 Å². The predicted molar refractivity (Wildman–Crippen MR) is 136 cm³/mol. The maximum absolute atomic E-state index is 11.3. The third-order valence-electron chi connectivity index (χ3n) is 5.87. The molecule has 1 aliphatic carbocycles. The minimum atomic E-state index is -0.121. The summed E-state index contributed by atoms with van der Waals surface area (Å²) in [5, 5.41) is 1.35. The number of ether oxygens (including phenoxy) is 1. The highest BCUT2D eigenvalue weighted by atomic mass is 32.1. The number of fused-ring (bicyclic) bond motifs is 1. The fourth-order valence-electron chi connectivity index (χ4n) is 3.87. The zero-order valence-electron chi connectivity index (χ0n) is 20.0. The van der Waals surface area contributed by atoms with Crippen molar-refractivity contribution >= 4 is 33.2 Å². The molecule has 1 aromatic heterocycles. The zero-order chi connectivity index (χ0) is 24.1. The van der Waals surface area contributed by atoms with Crippen LogP contribution in [0.25, 0.3) is 10.1 Å². The molecule has 0 radical (unpaired) electrons. The molecule has 1 heterocycles. The van der Waals surface area contributed by atoms with Gasteiger partial charge in [0.1, 0.15) is 5.78 Å². The van der Waals surface area contributed by atoms with Gasteiger partial charge in [-0.2, -0.15) is 0 Å². The summed E-state index contributed by atoms with van der Waals surface area (Å²) in [6, 6.07) is 8.52. The molecule has 2 aromatic rings. The molecule has 2 unspecified atom stereocenters. The van der Waals surface area contributed by atoms with Gasteiger partial charge in [-0.15, -0.1) is 11.3 Å². The molecule has 1 saturated carbocycles. The number of ketones is 1. The van der Waals surface area contributed by atoms with Crippen LogP contribution in [-0.4, -0.2) is 25.0 Å². The van der Waals surface area contributed by atoms with Crippen LogP contribution in [-0.2, 0) is 25.6 Å². The van der Waals surface area contributed by atoms with Crippen LogP contribution in [0.4, 0.5) is 0 Å². The van der Waals surface area contributed by atoms with Gasteiger partial charge in [0.05, 0.1) is 13.2 Å². The predicted octanol–water partition coefficient (Wildman–Crippen LogP) is 6.23. The molecule has 0 spiro atoms. The monoisotopic (exact) mass is 471 g/mol. The number of nitrogens with two attached hydrogens (primary N) is 1. The zero-order valence-corrected chi connectivity index (χ0v) is 20.9. The molecule has 180 valence electrons. The van der Waals surface area contributed by atoms with Gasteiger partial charge < -0.3 is 4.74 Å². The Morgan fingerprint density at radius 1 is 1.33 bits per heavy atom. The van der Waals surface area contributed by atoms with Crippen molar-refractivity contribution in [2.75, 3.05) is 7.11 Å². The van der Waals surface area contributed by atoms with Crippen molar-refractivity contribution < 1.29 is 19.2 Å². The van der Waals surface area contributed by atoms with E-state index < -0.39 is 0 Å². The van der Waals surface area contributed by atoms with Gasteiger partial charge in [-0.3, -0.25) is 14.4 Å². The number of methoxy groups -OCH3 is 1. The third kappa shape index (κ3) is 9.24. The smallest absolute Gasteiger partial charge is 0.305 e. The summed E-state index contributed by atoms with van der Waals surface area (Å²) >= 11 is 1.85. The number of carbonyl (C=O) groups is 2. The first-order valence-electron chi connectivity index (χ1n) is 11.7. The normalized spacial score (nSPS) is 17.0. The number of esters is 1. The van der Waals surface area contributed by atoms with Crippen LogP contribution in [0.2, 0.25) is 0 Å². The number of hydrogen-bond donors (Lipinski definition) is 1. The Kier molecular flexibility index (Phi) is 12.1. The Morgan fingerprint density at radius 3 is 2.76 bits per heavy atom. The molecule has 6 heteroatoms. The molecule has 1 aliphatic rings. The van der Waals surface area contributed by atoms with Crippen LogP contribution in [0.3, 0.4) is 0 Å². The molecule has 0 aliphatic heterocycles. The molecule has 0 bridgehead atoms. The van der Waals surface area contributed by atoms with E-state index in [1.807, 2.05) is 36.5 Å². The van der Waals surface area contributed by atoms with Gasteiger partial charge in [0.25, 0.3) is 0 Å². The van der Waals surface area contributed by atoms with Crippen molar-refractivity contribution in [3.05, 3.63) is 59.0 Å². The minimum Gasteiger partial charge on any atom is -0.469 e. The molecule has 2 atom stereocenters. The number of allylic oxidation sites excluding steroid dienone is 3. The summed E-state index contributed by atoms with van der Waals surface area (Å²) in [4.78, 5) is 28.3. The Labute approximate surface area is 201 Å². The molecule has 5 nitrogen and oxygen atoms in total. The number of thiophene rings is 1. The van der Waals surface area contributed by atoms with Gasteiger partial charge in [0, 0.05) is 28.8 Å². The second-order valence-electron chi connectivity index (χ2n) is 8.32. The van der Waals surface area contributed by atoms with Crippen molar-refractivity contribution in [2.24, 2.45) is 11.8 Å². The van der Waals surface area contributed by atoms with E-state index in [2.05, 4.69) is 42.0 Å². The van der Waals surface area contributed by atoms with Crippen LogP contribution in [0, 0.1) is 12.8 Å². The quantitative estimate of drug-likeness (QED) is 0.192. The summed E-state index contributed by atoms with van der Waals surface area (Å²) in [5.41, 5.74) is 1.37. The summed E-state index contributed by atoms with van der Waals surface area (Å²) in [6.07, 6.45) is 14.6. The fourth-order valence-corrected chi connectivity index (χ4v) is 5.09. The number of rotatable bonds is 10. The van der Waals surface area contributed by atoms with E-state index in [1.165, 1.54) is 27.6 Å². The maximum atomic E-state index is 11.3. The third-order valence-corrected chi connectivity index (χ3v) is 7.20. The molecule has 3 rings (SSSR count). The van der Waals surface area contributed by atoms with Crippen molar-refractivity contribution in [2.45, 2.75) is 71.3 Å². The number of carbonyl (C=O) groups excluding carboxylic acids is 2. The average molecular weight is 472 g/mol. The van der Waals surface area contributed by atoms with Crippen molar-refractivity contribution in [1.82, 2.24) is 0 Å². The first kappa shape index (κ1) is 27.0. The Balaban J connectivity index is 0.000000328. The Hall–Kier alpha value is -2.28. The number of Topliss-reactive ketones (excluding diaryl/α,β-unsaturated/α-hetero) is 1. The largest absolute Gasteiger partial charge is 0.469 e. The van der Waals surface area contributed by atoms with Gasteiger partial charge >= 0.3 is 5.97 Å². The van der Waals surface area contributed by atoms with E-state index in [-0.39, 0.29) is 12.1 Å². The van der Waals surface area contributed by atoms with E-state index in [0.29, 0.717) is 31.0 Å². The van der Waals surface area contributed by atoms with E-state index in [9.17, 15) is 9.59 Å². The lowest BCUT2D eigenvalue weighted by Crippen LogP contribution is -2.16. The number of aryl methyl sites for hydroxylation is 2. The number of unbranched alkanes of at least 4 members (excludes halogenated alkanes) is 1. The van der Waals surface area contributed by atoms with E-state index in [1.54, 1.807) is 0 Å². The number of hydrogen-bond acceptors (Lipinski definition) is 6. The molecule has 2 N–H and O–H groups in total. The lowest BCUT2D eigenvalue weighted by Gasteiger charge is -2.10. The van der Waals surface area contributed by atoms with Gasteiger partial charge in [0.15, 0.2) is 0 Å². The van der Waals surface area contributed by atoms with Gasteiger partial charge in [-0.25, -0.2) is 5.90 Å². The Morgan fingerprint density at radius 2 is 2.12 bits per heavy atom. The van der Waals surface area contributed by atoms with E-state index >= 15 is 0 Å². The minimum absolute atomic E-state index is 0.0877. The van der Waals surface area contributed by atoms with E-state index in [4.69, 9.17) is 10.7 Å². The lowest BCUT2D eigenvalue weighted by molar-refractivity contribution is -0.140. The van der Waals surface area contributed by atoms with Crippen LogP contribution < -0.4 is 5.90 Å². The summed E-state index contributed by atoms with van der Waals surface area (Å²) in [7, 11) is 1.41. The van der Waals surface area contributed by atoms with Crippen LogP contribution in [0.1, 0.15) is 62.3 Å². The van der Waals surface area contributed by atoms with Gasteiger partial charge in [0.2, 0.25) is 0 Å². The second kappa shape index (κ2) is 14.8. The average Bonchev–Trinajstić information content (AvgIpc) is 3.39. The SMILES string of the molecule is C/C=C\CCCC(=O)OC.Cc1c(CCC(/C=C/C2CCC(=O)C2)ON)sc2ccccc12. The standard InChI is InChI=1S/C19H23NO2S.C8H14O2/c1-13-17-4-2-3-5-19(17)23-18(13)11-10-16(22-20)9-7-14-6-8-15(21)12-14;1-3-4-5-6-7-8(9)10-2/h2-5,7,9,14,16H,6,8,10-12,20H2,1H3;3-4H,5-7H2,1-2H3/b9-7+;4-3-. The van der Waals surface area contributed by atoms with Gasteiger partial charge in [-0.05, 0) is 68.9 Å². The molecule has 1 fully saturated rings. The van der Waals surface area contributed by atoms with E-state index in [0.717, 1.165) is 32.1 Å². The molecule has 1 aromatic carbocycles. The molecular formula is C27H37NO4S. The second-order valence-corrected chi connectivity index (χ2v) is 9.46. The summed E-state index contributed by atoms with van der Waals surface area (Å²) < 4.78 is 5.81. The molecule has 33 heavy (non-hydrogen) atoms.